The third-order valence-electron chi connectivity index (χ3n) is 2.35. The van der Waals surface area contributed by atoms with Crippen LogP contribution in [-0.2, 0) is 4.74 Å². The minimum absolute atomic E-state index is 0.0833. The maximum atomic E-state index is 13.1. The summed E-state index contributed by atoms with van der Waals surface area (Å²) in [6, 6.07) is 0.0876. The van der Waals surface area contributed by atoms with E-state index < -0.39 is 12.5 Å². The van der Waals surface area contributed by atoms with Crippen LogP contribution in [-0.4, -0.2) is 31.2 Å². The molecule has 0 aromatic rings. The van der Waals surface area contributed by atoms with Crippen molar-refractivity contribution in [3.63, 3.8) is 0 Å². The highest BCUT2D eigenvalue weighted by atomic mass is 19.3. The molecule has 84 valence electrons. The molecular weight excluding hydrogens is 188 g/mol. The molecule has 0 bridgehead atoms. The second-order valence-electron chi connectivity index (χ2n) is 4.26. The third kappa shape index (κ3) is 4.33. The lowest BCUT2D eigenvalue weighted by Gasteiger charge is -2.28. The normalized spacial score (nSPS) is 18.6. The van der Waals surface area contributed by atoms with Crippen molar-refractivity contribution in [2.75, 3.05) is 13.2 Å². The van der Waals surface area contributed by atoms with E-state index in [4.69, 9.17) is 4.74 Å². The molecule has 0 saturated heterocycles. The van der Waals surface area contributed by atoms with E-state index in [0.717, 1.165) is 19.3 Å². The molecule has 1 aliphatic carbocycles. The summed E-state index contributed by atoms with van der Waals surface area (Å²) in [5.74, 6) is -2.74. The number of hydrogen-bond acceptors (Lipinski definition) is 2. The summed E-state index contributed by atoms with van der Waals surface area (Å²) in [6.07, 6.45) is 3.07. The maximum absolute atomic E-state index is 13.1. The Labute approximate surface area is 84.0 Å². The molecule has 0 aliphatic heterocycles. The quantitative estimate of drug-likeness (QED) is 0.721. The van der Waals surface area contributed by atoms with Crippen LogP contribution in [0.4, 0.5) is 8.78 Å². The van der Waals surface area contributed by atoms with Crippen molar-refractivity contribution in [1.82, 2.24) is 5.32 Å². The summed E-state index contributed by atoms with van der Waals surface area (Å²) in [5.41, 5.74) is 0. The van der Waals surface area contributed by atoms with E-state index in [9.17, 15) is 8.78 Å². The van der Waals surface area contributed by atoms with Crippen molar-refractivity contribution < 1.29 is 13.5 Å². The molecule has 0 spiro atoms. The number of hydrogen-bond donors (Lipinski definition) is 1. The largest absolute Gasteiger partial charge is 0.372 e. The molecule has 0 unspecified atom stereocenters. The number of ether oxygens (including phenoxy) is 1. The lowest BCUT2D eigenvalue weighted by Crippen LogP contribution is -2.41. The highest BCUT2D eigenvalue weighted by Crippen LogP contribution is 2.24. The molecule has 1 fully saturated rings. The molecule has 0 atom stereocenters. The van der Waals surface area contributed by atoms with Crippen LogP contribution in [0.25, 0.3) is 0 Å². The van der Waals surface area contributed by atoms with Gasteiger partial charge in [0.2, 0.25) is 0 Å². The fourth-order valence-electron chi connectivity index (χ4n) is 1.18. The lowest BCUT2D eigenvalue weighted by atomic mass is 9.96. The Morgan fingerprint density at radius 2 is 2.07 bits per heavy atom. The first-order valence-electron chi connectivity index (χ1n) is 5.22. The van der Waals surface area contributed by atoms with Gasteiger partial charge in [0.05, 0.1) is 12.6 Å². The fourth-order valence-corrected chi connectivity index (χ4v) is 1.18. The summed E-state index contributed by atoms with van der Waals surface area (Å²) < 4.78 is 31.3. The lowest BCUT2D eigenvalue weighted by molar-refractivity contribution is -0.113. The summed E-state index contributed by atoms with van der Waals surface area (Å²) in [4.78, 5) is 0. The van der Waals surface area contributed by atoms with Gasteiger partial charge in [-0.3, -0.25) is 0 Å². The Bertz CT molecular complexity index is 170. The van der Waals surface area contributed by atoms with Gasteiger partial charge >= 0.3 is 0 Å². The van der Waals surface area contributed by atoms with Gasteiger partial charge in [-0.15, -0.1) is 0 Å². The van der Waals surface area contributed by atoms with E-state index in [2.05, 4.69) is 5.32 Å². The van der Waals surface area contributed by atoms with Crippen LogP contribution in [0.1, 0.15) is 33.1 Å². The van der Waals surface area contributed by atoms with Crippen LogP contribution in [0.15, 0.2) is 0 Å². The summed E-state index contributed by atoms with van der Waals surface area (Å²) >= 11 is 0. The van der Waals surface area contributed by atoms with Gasteiger partial charge in [0.25, 0.3) is 5.92 Å². The van der Waals surface area contributed by atoms with Crippen molar-refractivity contribution in [2.24, 2.45) is 0 Å². The fraction of sp³-hybridized carbons (Fsp3) is 1.00. The van der Waals surface area contributed by atoms with Crippen LogP contribution in [0, 0.1) is 0 Å². The SMILES string of the molecule is CC(C)NCC(F)(F)COC1CCC1. The van der Waals surface area contributed by atoms with Crippen molar-refractivity contribution in [3.05, 3.63) is 0 Å². The molecule has 0 aromatic carbocycles. The Morgan fingerprint density at radius 1 is 1.43 bits per heavy atom. The first-order chi connectivity index (χ1) is 6.49. The van der Waals surface area contributed by atoms with Gasteiger partial charge in [0, 0.05) is 6.04 Å². The zero-order valence-electron chi connectivity index (χ0n) is 8.85. The van der Waals surface area contributed by atoms with Gasteiger partial charge in [-0.2, -0.15) is 0 Å². The average Bonchev–Trinajstić information content (AvgIpc) is 1.98. The molecule has 1 aliphatic rings. The zero-order valence-corrected chi connectivity index (χ0v) is 8.85. The number of nitrogens with one attached hydrogen (secondary N) is 1. The van der Waals surface area contributed by atoms with E-state index in [1.165, 1.54) is 0 Å². The minimum Gasteiger partial charge on any atom is -0.372 e. The van der Waals surface area contributed by atoms with Gasteiger partial charge in [-0.05, 0) is 19.3 Å². The van der Waals surface area contributed by atoms with Crippen LogP contribution >= 0.6 is 0 Å². The summed E-state index contributed by atoms with van der Waals surface area (Å²) in [5, 5.41) is 2.72. The van der Waals surface area contributed by atoms with Gasteiger partial charge in [0.15, 0.2) is 0 Å². The smallest absolute Gasteiger partial charge is 0.283 e. The van der Waals surface area contributed by atoms with E-state index >= 15 is 0 Å². The molecule has 1 saturated carbocycles. The van der Waals surface area contributed by atoms with Crippen molar-refractivity contribution in [3.8, 4) is 0 Å². The predicted molar refractivity (Wildman–Crippen MR) is 51.7 cm³/mol. The Morgan fingerprint density at radius 3 is 2.50 bits per heavy atom. The van der Waals surface area contributed by atoms with E-state index in [-0.39, 0.29) is 18.7 Å². The summed E-state index contributed by atoms with van der Waals surface area (Å²) in [7, 11) is 0. The molecule has 2 nitrogen and oxygen atoms in total. The maximum Gasteiger partial charge on any atom is 0.283 e. The molecule has 0 aromatic heterocycles. The first kappa shape index (κ1) is 11.9. The van der Waals surface area contributed by atoms with Crippen LogP contribution in [0.2, 0.25) is 0 Å². The number of alkyl halides is 2. The highest BCUT2D eigenvalue weighted by molar-refractivity contribution is 4.74. The molecular formula is C10H19F2NO. The van der Waals surface area contributed by atoms with E-state index in [1.54, 1.807) is 0 Å². The molecule has 1 rings (SSSR count). The molecule has 0 heterocycles. The molecule has 0 amide bonds. The van der Waals surface area contributed by atoms with Crippen LogP contribution < -0.4 is 5.32 Å². The summed E-state index contributed by atoms with van der Waals surface area (Å²) in [6.45, 7) is 2.96. The van der Waals surface area contributed by atoms with Gasteiger partial charge < -0.3 is 10.1 Å². The van der Waals surface area contributed by atoms with E-state index in [0.29, 0.717) is 0 Å². The van der Waals surface area contributed by atoms with Gasteiger partial charge in [-0.1, -0.05) is 13.8 Å². The van der Waals surface area contributed by atoms with E-state index in [1.807, 2.05) is 13.8 Å². The Hall–Kier alpha value is -0.220. The average molecular weight is 207 g/mol. The molecule has 0 radical (unpaired) electrons. The number of halogens is 2. The highest BCUT2D eigenvalue weighted by Gasteiger charge is 2.31. The first-order valence-corrected chi connectivity index (χ1v) is 5.22. The molecule has 4 heteroatoms. The van der Waals surface area contributed by atoms with Crippen molar-refractivity contribution >= 4 is 0 Å². The molecule has 14 heavy (non-hydrogen) atoms. The minimum atomic E-state index is -2.74. The predicted octanol–water partition coefficient (Wildman–Crippen LogP) is 2.19. The van der Waals surface area contributed by atoms with Crippen molar-refractivity contribution in [2.45, 2.75) is 51.2 Å². The Kier molecular flexibility index (Phi) is 4.26. The number of rotatable bonds is 6. The third-order valence-corrected chi connectivity index (χ3v) is 2.35. The monoisotopic (exact) mass is 207 g/mol. The zero-order chi connectivity index (χ0) is 10.6. The van der Waals surface area contributed by atoms with Gasteiger partial charge in [-0.25, -0.2) is 8.78 Å². The molecule has 1 N–H and O–H groups in total. The van der Waals surface area contributed by atoms with Crippen LogP contribution in [0.3, 0.4) is 0 Å². The van der Waals surface area contributed by atoms with Crippen LogP contribution in [0.5, 0.6) is 0 Å². The Balaban J connectivity index is 2.11. The second-order valence-corrected chi connectivity index (χ2v) is 4.26. The van der Waals surface area contributed by atoms with Gasteiger partial charge in [0.1, 0.15) is 6.61 Å². The topological polar surface area (TPSA) is 21.3 Å². The standard InChI is InChI=1S/C10H19F2NO/c1-8(2)13-6-10(11,12)7-14-9-4-3-5-9/h8-9,13H,3-7H2,1-2H3. The van der Waals surface area contributed by atoms with Crippen molar-refractivity contribution in [1.29, 1.82) is 0 Å². The second kappa shape index (κ2) is 5.03.